The first-order valence-corrected chi connectivity index (χ1v) is 12.1. The fourth-order valence-electron chi connectivity index (χ4n) is 3.56. The van der Waals surface area contributed by atoms with Crippen LogP contribution in [0.4, 0.5) is 5.69 Å². The Morgan fingerprint density at radius 2 is 1.77 bits per heavy atom. The number of carbonyl (C=O) groups is 1. The number of thioether (sulfide) groups is 1. The molecule has 0 radical (unpaired) electrons. The zero-order chi connectivity index (χ0) is 24.2. The average Bonchev–Trinajstić information content (AvgIpc) is 3.32. The van der Waals surface area contributed by atoms with Crippen LogP contribution >= 0.6 is 23.4 Å². The van der Waals surface area contributed by atoms with Gasteiger partial charge < -0.3 is 19.5 Å². The summed E-state index contributed by atoms with van der Waals surface area (Å²) in [4.78, 5) is 12.7. The van der Waals surface area contributed by atoms with E-state index in [0.29, 0.717) is 46.4 Å². The summed E-state index contributed by atoms with van der Waals surface area (Å²) in [5.41, 5.74) is 2.33. The van der Waals surface area contributed by atoms with Crippen LogP contribution in [0.15, 0.2) is 71.9 Å². The lowest BCUT2D eigenvalue weighted by Crippen LogP contribution is -2.17. The van der Waals surface area contributed by atoms with Gasteiger partial charge in [-0.3, -0.25) is 9.36 Å². The van der Waals surface area contributed by atoms with Gasteiger partial charge in [-0.05, 0) is 60.7 Å². The summed E-state index contributed by atoms with van der Waals surface area (Å²) in [7, 11) is 1.62. The summed E-state index contributed by atoms with van der Waals surface area (Å²) in [6.45, 7) is 0.999. The quantitative estimate of drug-likeness (QED) is 0.347. The molecule has 0 spiro atoms. The van der Waals surface area contributed by atoms with E-state index in [2.05, 4.69) is 15.5 Å². The third-order valence-electron chi connectivity index (χ3n) is 5.22. The van der Waals surface area contributed by atoms with Gasteiger partial charge in [0, 0.05) is 28.0 Å². The molecule has 0 unspecified atom stereocenters. The zero-order valence-corrected chi connectivity index (χ0v) is 20.3. The summed E-state index contributed by atoms with van der Waals surface area (Å²) < 4.78 is 18.3. The number of nitrogens with one attached hydrogen (secondary N) is 1. The van der Waals surface area contributed by atoms with Crippen LogP contribution in [0.25, 0.3) is 17.1 Å². The highest BCUT2D eigenvalue weighted by Gasteiger charge is 2.18. The van der Waals surface area contributed by atoms with Gasteiger partial charge in [0.1, 0.15) is 19.0 Å². The summed E-state index contributed by atoms with van der Waals surface area (Å²) in [5.74, 6) is 2.65. The summed E-state index contributed by atoms with van der Waals surface area (Å²) >= 11 is 7.39. The molecule has 0 fully saturated rings. The largest absolute Gasteiger partial charge is 0.497 e. The van der Waals surface area contributed by atoms with Crippen molar-refractivity contribution >= 4 is 35.0 Å². The summed E-state index contributed by atoms with van der Waals surface area (Å²) in [5, 5.41) is 12.9. The second kappa shape index (κ2) is 10.3. The lowest BCUT2D eigenvalue weighted by Gasteiger charge is -2.19. The lowest BCUT2D eigenvalue weighted by atomic mass is 10.2. The van der Waals surface area contributed by atoms with Crippen LogP contribution in [0.2, 0.25) is 5.02 Å². The zero-order valence-electron chi connectivity index (χ0n) is 18.7. The van der Waals surface area contributed by atoms with Crippen molar-refractivity contribution in [3.05, 3.63) is 71.8 Å². The molecule has 10 heteroatoms. The molecule has 0 atom stereocenters. The standard InChI is InChI=1S/C25H21ClN4O4S/c1-32-20-9-2-16(3-10-20)24-28-29-25(30(24)19-7-4-17(26)5-8-19)35-15-23(31)27-18-6-11-21-22(14-18)34-13-12-33-21/h2-11,14H,12-13,15H2,1H3,(H,27,31). The summed E-state index contributed by atoms with van der Waals surface area (Å²) in [6, 6.07) is 20.3. The molecule has 178 valence electrons. The van der Waals surface area contributed by atoms with Crippen molar-refractivity contribution in [3.8, 4) is 34.3 Å². The molecule has 0 bridgehead atoms. The Morgan fingerprint density at radius 1 is 1.03 bits per heavy atom. The first kappa shape index (κ1) is 23.1. The summed E-state index contributed by atoms with van der Waals surface area (Å²) in [6.07, 6.45) is 0. The van der Waals surface area contributed by atoms with Gasteiger partial charge in [-0.15, -0.1) is 10.2 Å². The smallest absolute Gasteiger partial charge is 0.234 e. The van der Waals surface area contributed by atoms with E-state index in [0.717, 1.165) is 17.0 Å². The van der Waals surface area contributed by atoms with Gasteiger partial charge in [0.2, 0.25) is 5.91 Å². The monoisotopic (exact) mass is 508 g/mol. The van der Waals surface area contributed by atoms with Gasteiger partial charge in [-0.2, -0.15) is 0 Å². The number of anilines is 1. The lowest BCUT2D eigenvalue weighted by molar-refractivity contribution is -0.113. The first-order valence-electron chi connectivity index (χ1n) is 10.8. The number of amides is 1. The number of halogens is 1. The van der Waals surface area contributed by atoms with Crippen LogP contribution in [0.5, 0.6) is 17.2 Å². The maximum atomic E-state index is 12.7. The number of nitrogens with zero attached hydrogens (tertiary/aromatic N) is 3. The van der Waals surface area contributed by atoms with E-state index in [1.807, 2.05) is 41.0 Å². The maximum absolute atomic E-state index is 12.7. The number of ether oxygens (including phenoxy) is 3. The molecule has 5 rings (SSSR count). The van der Waals surface area contributed by atoms with Crippen LogP contribution in [0, 0.1) is 0 Å². The molecule has 1 N–H and O–H groups in total. The molecule has 1 aliphatic heterocycles. The number of carbonyl (C=O) groups excluding carboxylic acids is 1. The van der Waals surface area contributed by atoms with E-state index < -0.39 is 0 Å². The SMILES string of the molecule is COc1ccc(-c2nnc(SCC(=O)Nc3ccc4c(c3)OCCO4)n2-c2ccc(Cl)cc2)cc1. The van der Waals surface area contributed by atoms with Crippen molar-refractivity contribution in [3.63, 3.8) is 0 Å². The Hall–Kier alpha value is -3.69. The van der Waals surface area contributed by atoms with Crippen molar-refractivity contribution in [2.45, 2.75) is 5.16 Å². The van der Waals surface area contributed by atoms with Crippen molar-refractivity contribution in [1.82, 2.24) is 14.8 Å². The molecule has 1 aliphatic rings. The van der Waals surface area contributed by atoms with Gasteiger partial charge in [0.05, 0.1) is 12.9 Å². The molecule has 8 nitrogen and oxygen atoms in total. The molecule has 1 aromatic heterocycles. The molecule has 1 amide bonds. The van der Waals surface area contributed by atoms with E-state index in [4.69, 9.17) is 25.8 Å². The van der Waals surface area contributed by atoms with Crippen LogP contribution in [0.1, 0.15) is 0 Å². The number of fused-ring (bicyclic) bond motifs is 1. The van der Waals surface area contributed by atoms with Crippen LogP contribution in [0.3, 0.4) is 0 Å². The fourth-order valence-corrected chi connectivity index (χ4v) is 4.44. The minimum atomic E-state index is -0.177. The van der Waals surface area contributed by atoms with Crippen LogP contribution < -0.4 is 19.5 Å². The van der Waals surface area contributed by atoms with Gasteiger partial charge >= 0.3 is 0 Å². The van der Waals surface area contributed by atoms with Gasteiger partial charge in [-0.25, -0.2) is 0 Å². The molecule has 35 heavy (non-hydrogen) atoms. The second-order valence-electron chi connectivity index (χ2n) is 7.54. The van der Waals surface area contributed by atoms with Gasteiger partial charge in [0.25, 0.3) is 0 Å². The van der Waals surface area contributed by atoms with Crippen molar-refractivity contribution in [1.29, 1.82) is 0 Å². The normalized spacial score (nSPS) is 12.3. The highest BCUT2D eigenvalue weighted by Crippen LogP contribution is 2.33. The van der Waals surface area contributed by atoms with Crippen LogP contribution in [-0.4, -0.2) is 46.7 Å². The highest BCUT2D eigenvalue weighted by atomic mass is 35.5. The third kappa shape index (κ3) is 5.21. The molecule has 0 aliphatic carbocycles. The molecule has 0 saturated heterocycles. The Bertz CT molecular complexity index is 1340. The van der Waals surface area contributed by atoms with Crippen molar-refractivity contribution in [2.75, 3.05) is 31.4 Å². The Morgan fingerprint density at radius 3 is 2.51 bits per heavy atom. The van der Waals surface area contributed by atoms with E-state index in [1.165, 1.54) is 11.8 Å². The first-order chi connectivity index (χ1) is 17.1. The molecular formula is C25H21ClN4O4S. The molecule has 3 aromatic carbocycles. The fraction of sp³-hybridized carbons (Fsp3) is 0.160. The second-order valence-corrected chi connectivity index (χ2v) is 8.92. The van der Waals surface area contributed by atoms with Gasteiger partial charge in [-0.1, -0.05) is 23.4 Å². The van der Waals surface area contributed by atoms with E-state index in [-0.39, 0.29) is 11.7 Å². The maximum Gasteiger partial charge on any atom is 0.234 e. The predicted molar refractivity (Wildman–Crippen MR) is 135 cm³/mol. The average molecular weight is 509 g/mol. The van der Waals surface area contributed by atoms with E-state index in [1.54, 1.807) is 37.4 Å². The van der Waals surface area contributed by atoms with Crippen molar-refractivity contribution in [2.24, 2.45) is 0 Å². The Labute approximate surface area is 211 Å². The third-order valence-corrected chi connectivity index (χ3v) is 6.41. The number of aromatic nitrogens is 3. The molecule has 0 saturated carbocycles. The van der Waals surface area contributed by atoms with Gasteiger partial charge in [0.15, 0.2) is 22.5 Å². The number of hydrogen-bond acceptors (Lipinski definition) is 7. The molecule has 4 aromatic rings. The van der Waals surface area contributed by atoms with Crippen LogP contribution in [-0.2, 0) is 4.79 Å². The topological polar surface area (TPSA) is 87.5 Å². The predicted octanol–water partition coefficient (Wildman–Crippen LogP) is 5.10. The number of rotatable bonds is 7. The Kier molecular flexibility index (Phi) is 6.78. The minimum absolute atomic E-state index is 0.142. The highest BCUT2D eigenvalue weighted by molar-refractivity contribution is 7.99. The number of hydrogen-bond donors (Lipinski definition) is 1. The number of benzene rings is 3. The molecule has 2 heterocycles. The minimum Gasteiger partial charge on any atom is -0.497 e. The Balaban J connectivity index is 1.36. The van der Waals surface area contributed by atoms with E-state index >= 15 is 0 Å². The molecular weight excluding hydrogens is 488 g/mol. The van der Waals surface area contributed by atoms with E-state index in [9.17, 15) is 4.79 Å². The number of methoxy groups -OCH3 is 1. The van der Waals surface area contributed by atoms with Crippen molar-refractivity contribution < 1.29 is 19.0 Å².